The highest BCUT2D eigenvalue weighted by Crippen LogP contribution is 2.22. The second kappa shape index (κ2) is 5.15. The molecular weight excluding hydrogens is 200 g/mol. The molecule has 16 heavy (non-hydrogen) atoms. The molecule has 0 spiro atoms. The maximum atomic E-state index is 10.5. The first-order valence-corrected chi connectivity index (χ1v) is 5.48. The third-order valence-corrected chi connectivity index (χ3v) is 2.47. The Morgan fingerprint density at radius 2 is 1.81 bits per heavy atom. The van der Waals surface area contributed by atoms with Crippen molar-refractivity contribution < 1.29 is 9.53 Å². The molecule has 1 aromatic rings. The molecule has 0 unspecified atom stereocenters. The molecular formula is C14H19O2. The molecule has 0 heterocycles. The quantitative estimate of drug-likeness (QED) is 0.731. The number of rotatable bonds is 3. The lowest BCUT2D eigenvalue weighted by Gasteiger charge is -2.19. The zero-order valence-electron chi connectivity index (χ0n) is 10.2. The van der Waals surface area contributed by atoms with Gasteiger partial charge in [0.25, 0.3) is 0 Å². The van der Waals surface area contributed by atoms with Crippen LogP contribution in [0.25, 0.3) is 0 Å². The lowest BCUT2D eigenvalue weighted by atomic mass is 9.86. The second-order valence-electron chi connectivity index (χ2n) is 4.92. The van der Waals surface area contributed by atoms with Gasteiger partial charge in [-0.05, 0) is 16.5 Å². The van der Waals surface area contributed by atoms with Crippen LogP contribution in [-0.4, -0.2) is 12.6 Å². The smallest absolute Gasteiger partial charge is 0.306 e. The third-order valence-electron chi connectivity index (χ3n) is 2.47. The Labute approximate surface area is 97.6 Å². The molecule has 0 saturated heterocycles. The van der Waals surface area contributed by atoms with Crippen LogP contribution in [-0.2, 0) is 21.4 Å². The predicted octanol–water partition coefficient (Wildman–Crippen LogP) is 2.90. The molecule has 0 amide bonds. The van der Waals surface area contributed by atoms with Crippen molar-refractivity contribution in [2.45, 2.75) is 32.6 Å². The molecule has 0 aromatic heterocycles. The maximum absolute atomic E-state index is 10.5. The van der Waals surface area contributed by atoms with E-state index in [1.165, 1.54) is 11.1 Å². The van der Waals surface area contributed by atoms with E-state index in [-0.39, 0.29) is 5.41 Å². The molecule has 2 heteroatoms. The SMILES string of the molecule is [CH2]C(=O)OCCc1ccc(C(C)(C)C)cc1. The number of benzene rings is 1. The number of hydrogen-bond acceptors (Lipinski definition) is 2. The first-order valence-electron chi connectivity index (χ1n) is 5.48. The van der Waals surface area contributed by atoms with Crippen molar-refractivity contribution in [3.8, 4) is 0 Å². The molecule has 1 aromatic carbocycles. The van der Waals surface area contributed by atoms with E-state index in [4.69, 9.17) is 4.74 Å². The fourth-order valence-corrected chi connectivity index (χ4v) is 1.45. The van der Waals surface area contributed by atoms with Crippen LogP contribution in [0.3, 0.4) is 0 Å². The Bertz CT molecular complexity index is 344. The van der Waals surface area contributed by atoms with Gasteiger partial charge in [-0.25, -0.2) is 0 Å². The van der Waals surface area contributed by atoms with Gasteiger partial charge in [-0.3, -0.25) is 4.79 Å². The molecule has 0 N–H and O–H groups in total. The lowest BCUT2D eigenvalue weighted by Crippen LogP contribution is -2.11. The van der Waals surface area contributed by atoms with Gasteiger partial charge in [0.1, 0.15) is 0 Å². The Balaban J connectivity index is 2.55. The molecule has 0 fully saturated rings. The van der Waals surface area contributed by atoms with Gasteiger partial charge in [-0.15, -0.1) is 0 Å². The van der Waals surface area contributed by atoms with Crippen molar-refractivity contribution in [1.82, 2.24) is 0 Å². The van der Waals surface area contributed by atoms with Gasteiger partial charge in [0, 0.05) is 6.42 Å². The highest BCUT2D eigenvalue weighted by Gasteiger charge is 2.12. The summed E-state index contributed by atoms with van der Waals surface area (Å²) in [6, 6.07) is 8.41. The van der Waals surface area contributed by atoms with Gasteiger partial charge < -0.3 is 4.74 Å². The number of ether oxygens (including phenoxy) is 1. The van der Waals surface area contributed by atoms with E-state index in [0.29, 0.717) is 6.61 Å². The van der Waals surface area contributed by atoms with E-state index in [1.807, 2.05) is 0 Å². The fourth-order valence-electron chi connectivity index (χ4n) is 1.45. The Hall–Kier alpha value is -1.31. The summed E-state index contributed by atoms with van der Waals surface area (Å²) in [4.78, 5) is 10.5. The van der Waals surface area contributed by atoms with Crippen molar-refractivity contribution in [3.63, 3.8) is 0 Å². The van der Waals surface area contributed by atoms with Gasteiger partial charge in [0.15, 0.2) is 0 Å². The second-order valence-corrected chi connectivity index (χ2v) is 4.92. The van der Waals surface area contributed by atoms with Gasteiger partial charge >= 0.3 is 5.97 Å². The summed E-state index contributed by atoms with van der Waals surface area (Å²) in [7, 11) is 0. The third kappa shape index (κ3) is 4.05. The van der Waals surface area contributed by atoms with Crippen molar-refractivity contribution >= 4 is 5.97 Å². The van der Waals surface area contributed by atoms with Crippen LogP contribution < -0.4 is 0 Å². The van der Waals surface area contributed by atoms with Crippen molar-refractivity contribution in [3.05, 3.63) is 42.3 Å². The average molecular weight is 219 g/mol. The van der Waals surface area contributed by atoms with Crippen molar-refractivity contribution in [2.24, 2.45) is 0 Å². The standard InChI is InChI=1S/C14H19O2/c1-11(15)16-10-9-12-5-7-13(8-6-12)14(2,3)4/h5-8H,1,9-10H2,2-4H3. The summed E-state index contributed by atoms with van der Waals surface area (Å²) < 4.78 is 4.79. The predicted molar refractivity (Wildman–Crippen MR) is 65.2 cm³/mol. The van der Waals surface area contributed by atoms with E-state index in [2.05, 4.69) is 52.0 Å². The zero-order valence-corrected chi connectivity index (χ0v) is 10.2. The maximum Gasteiger partial charge on any atom is 0.306 e. The van der Waals surface area contributed by atoms with E-state index in [0.717, 1.165) is 6.42 Å². The fraction of sp³-hybridized carbons (Fsp3) is 0.429. The van der Waals surface area contributed by atoms with Crippen LogP contribution in [0.15, 0.2) is 24.3 Å². The van der Waals surface area contributed by atoms with Crippen LogP contribution in [0.2, 0.25) is 0 Å². The number of hydrogen-bond donors (Lipinski definition) is 0. The van der Waals surface area contributed by atoms with Crippen LogP contribution >= 0.6 is 0 Å². The Kier molecular flexibility index (Phi) is 4.11. The normalized spacial score (nSPS) is 11.2. The lowest BCUT2D eigenvalue weighted by molar-refractivity contribution is -0.137. The molecule has 0 aliphatic carbocycles. The van der Waals surface area contributed by atoms with E-state index in [9.17, 15) is 4.79 Å². The Morgan fingerprint density at radius 3 is 2.25 bits per heavy atom. The van der Waals surface area contributed by atoms with Gasteiger partial charge in [0.05, 0.1) is 13.5 Å². The minimum Gasteiger partial charge on any atom is -0.465 e. The summed E-state index contributed by atoms with van der Waals surface area (Å²) in [6.45, 7) is 10.1. The summed E-state index contributed by atoms with van der Waals surface area (Å²) in [5, 5.41) is 0. The van der Waals surface area contributed by atoms with Crippen LogP contribution in [0.4, 0.5) is 0 Å². The van der Waals surface area contributed by atoms with E-state index in [1.54, 1.807) is 0 Å². The molecule has 0 atom stereocenters. The summed E-state index contributed by atoms with van der Waals surface area (Å²) in [6.07, 6.45) is 0.742. The van der Waals surface area contributed by atoms with Crippen LogP contribution in [0.5, 0.6) is 0 Å². The Morgan fingerprint density at radius 1 is 1.25 bits per heavy atom. The number of carbonyl (C=O) groups is 1. The zero-order chi connectivity index (χ0) is 12.2. The summed E-state index contributed by atoms with van der Waals surface area (Å²) >= 11 is 0. The van der Waals surface area contributed by atoms with Gasteiger partial charge in [0.2, 0.25) is 0 Å². The summed E-state index contributed by atoms with van der Waals surface area (Å²) in [5.41, 5.74) is 2.66. The van der Waals surface area contributed by atoms with E-state index < -0.39 is 5.97 Å². The average Bonchev–Trinajstić information content (AvgIpc) is 2.16. The van der Waals surface area contributed by atoms with Crippen molar-refractivity contribution in [1.29, 1.82) is 0 Å². The highest BCUT2D eigenvalue weighted by molar-refractivity contribution is 5.73. The largest absolute Gasteiger partial charge is 0.465 e. The molecule has 87 valence electrons. The van der Waals surface area contributed by atoms with Gasteiger partial charge in [-0.1, -0.05) is 45.0 Å². The molecule has 0 aliphatic rings. The minimum absolute atomic E-state index is 0.179. The van der Waals surface area contributed by atoms with Crippen LogP contribution in [0.1, 0.15) is 31.9 Å². The van der Waals surface area contributed by atoms with E-state index >= 15 is 0 Å². The monoisotopic (exact) mass is 219 g/mol. The van der Waals surface area contributed by atoms with Gasteiger partial charge in [-0.2, -0.15) is 0 Å². The first-order chi connectivity index (χ1) is 7.39. The highest BCUT2D eigenvalue weighted by atomic mass is 16.5. The number of esters is 1. The summed E-state index contributed by atoms with van der Waals surface area (Å²) in [5.74, 6) is -0.466. The topological polar surface area (TPSA) is 26.3 Å². The molecule has 0 aliphatic heterocycles. The first kappa shape index (κ1) is 12.8. The number of carbonyl (C=O) groups excluding carboxylic acids is 1. The van der Waals surface area contributed by atoms with Crippen molar-refractivity contribution in [2.75, 3.05) is 6.61 Å². The molecule has 0 bridgehead atoms. The van der Waals surface area contributed by atoms with Crippen LogP contribution in [0, 0.1) is 6.92 Å². The minimum atomic E-state index is -0.466. The molecule has 0 saturated carbocycles. The molecule has 1 radical (unpaired) electrons. The molecule has 2 nitrogen and oxygen atoms in total. The molecule has 1 rings (SSSR count).